The number of likely N-dealkylation sites (tertiary alicyclic amines) is 1. The fourth-order valence-corrected chi connectivity index (χ4v) is 3.35. The van der Waals surface area contributed by atoms with Crippen molar-refractivity contribution in [3.63, 3.8) is 0 Å². The van der Waals surface area contributed by atoms with Crippen LogP contribution in [0, 0.1) is 5.92 Å². The van der Waals surface area contributed by atoms with Crippen LogP contribution in [0.1, 0.15) is 46.1 Å². The summed E-state index contributed by atoms with van der Waals surface area (Å²) in [5.74, 6) is 0.781. The molecule has 2 N–H and O–H groups in total. The van der Waals surface area contributed by atoms with Gasteiger partial charge >= 0.3 is 6.09 Å². The first kappa shape index (κ1) is 24.5. The van der Waals surface area contributed by atoms with E-state index in [0.717, 1.165) is 30.6 Å². The highest BCUT2D eigenvalue weighted by atomic mass is 16.6. The third kappa shape index (κ3) is 8.86. The van der Waals surface area contributed by atoms with Crippen LogP contribution in [0.4, 0.5) is 4.79 Å². The van der Waals surface area contributed by atoms with E-state index in [9.17, 15) is 14.4 Å². The summed E-state index contributed by atoms with van der Waals surface area (Å²) < 4.78 is 10.8. The molecular formula is C23H35N3O5. The van der Waals surface area contributed by atoms with Gasteiger partial charge in [0.25, 0.3) is 5.91 Å². The second-order valence-corrected chi connectivity index (χ2v) is 8.73. The average Bonchev–Trinajstić information content (AvgIpc) is 2.74. The molecule has 1 heterocycles. The third-order valence-electron chi connectivity index (χ3n) is 5.05. The highest BCUT2D eigenvalue weighted by Gasteiger charge is 2.24. The van der Waals surface area contributed by atoms with Gasteiger partial charge in [0.05, 0.1) is 0 Å². The molecule has 0 spiro atoms. The van der Waals surface area contributed by atoms with Crippen LogP contribution in [0.2, 0.25) is 0 Å². The molecule has 1 aromatic rings. The van der Waals surface area contributed by atoms with Gasteiger partial charge in [-0.3, -0.25) is 9.59 Å². The Morgan fingerprint density at radius 3 is 2.42 bits per heavy atom. The van der Waals surface area contributed by atoms with E-state index in [0.29, 0.717) is 25.6 Å². The fraction of sp³-hybridized carbons (Fsp3) is 0.609. The monoisotopic (exact) mass is 433 g/mol. The van der Waals surface area contributed by atoms with E-state index < -0.39 is 11.7 Å². The summed E-state index contributed by atoms with van der Waals surface area (Å²) in [5.41, 5.74) is 0.480. The SMILES string of the molecule is CCc1ccccc1OCC(=O)NCC1CCN(C(=O)CNC(=O)OC(C)(C)C)CC1. The van der Waals surface area contributed by atoms with Gasteiger partial charge < -0.3 is 25.0 Å². The minimum absolute atomic E-state index is 0.00925. The molecule has 0 aromatic heterocycles. The molecule has 0 unspecified atom stereocenters. The average molecular weight is 434 g/mol. The number of nitrogens with one attached hydrogen (secondary N) is 2. The molecule has 1 saturated heterocycles. The number of hydrogen-bond donors (Lipinski definition) is 2. The van der Waals surface area contributed by atoms with E-state index in [1.54, 1.807) is 25.7 Å². The van der Waals surface area contributed by atoms with Gasteiger partial charge in [0.15, 0.2) is 6.61 Å². The number of alkyl carbamates (subject to hydrolysis) is 1. The number of carbonyl (C=O) groups is 3. The lowest BCUT2D eigenvalue weighted by molar-refractivity contribution is -0.132. The van der Waals surface area contributed by atoms with Crippen molar-refractivity contribution in [2.75, 3.05) is 32.8 Å². The normalized spacial score (nSPS) is 14.6. The Bertz CT molecular complexity index is 752. The van der Waals surface area contributed by atoms with E-state index in [1.807, 2.05) is 31.2 Å². The van der Waals surface area contributed by atoms with Crippen molar-refractivity contribution < 1.29 is 23.9 Å². The highest BCUT2D eigenvalue weighted by molar-refractivity contribution is 5.82. The van der Waals surface area contributed by atoms with Crippen LogP contribution in [0.5, 0.6) is 5.75 Å². The number of amides is 3. The molecule has 172 valence electrons. The molecule has 1 aromatic carbocycles. The Morgan fingerprint density at radius 1 is 1.10 bits per heavy atom. The molecule has 1 aliphatic rings. The van der Waals surface area contributed by atoms with Crippen LogP contribution < -0.4 is 15.4 Å². The van der Waals surface area contributed by atoms with Crippen molar-refractivity contribution in [3.05, 3.63) is 29.8 Å². The van der Waals surface area contributed by atoms with Gasteiger partial charge in [-0.2, -0.15) is 0 Å². The number of benzene rings is 1. The number of piperidine rings is 1. The standard InChI is InChI=1S/C23H35N3O5/c1-5-18-8-6-7-9-19(18)30-16-20(27)24-14-17-10-12-26(13-11-17)21(28)15-25-22(29)31-23(2,3)4/h6-9,17H,5,10-16H2,1-4H3,(H,24,27)(H,25,29). The smallest absolute Gasteiger partial charge is 0.408 e. The minimum atomic E-state index is -0.597. The Balaban J connectivity index is 1.63. The number of rotatable bonds is 8. The third-order valence-corrected chi connectivity index (χ3v) is 5.05. The molecular weight excluding hydrogens is 398 g/mol. The maximum atomic E-state index is 12.3. The first-order valence-electron chi connectivity index (χ1n) is 10.9. The van der Waals surface area contributed by atoms with Crippen molar-refractivity contribution in [2.24, 2.45) is 5.92 Å². The molecule has 3 amide bonds. The minimum Gasteiger partial charge on any atom is -0.483 e. The van der Waals surface area contributed by atoms with E-state index in [4.69, 9.17) is 9.47 Å². The Hall–Kier alpha value is -2.77. The molecule has 0 radical (unpaired) electrons. The second kappa shape index (κ2) is 11.6. The largest absolute Gasteiger partial charge is 0.483 e. The number of hydrogen-bond acceptors (Lipinski definition) is 5. The summed E-state index contributed by atoms with van der Waals surface area (Å²) in [7, 11) is 0. The quantitative estimate of drug-likeness (QED) is 0.657. The van der Waals surface area contributed by atoms with Crippen molar-refractivity contribution >= 4 is 17.9 Å². The molecule has 1 aliphatic heterocycles. The predicted octanol–water partition coefficient (Wildman–Crippen LogP) is 2.51. The second-order valence-electron chi connectivity index (χ2n) is 8.73. The van der Waals surface area contributed by atoms with Gasteiger partial charge in [-0.1, -0.05) is 25.1 Å². The number of aryl methyl sites for hydroxylation is 1. The van der Waals surface area contributed by atoms with Gasteiger partial charge in [0.1, 0.15) is 17.9 Å². The zero-order valence-corrected chi connectivity index (χ0v) is 19.0. The predicted molar refractivity (Wildman–Crippen MR) is 118 cm³/mol. The van der Waals surface area contributed by atoms with Crippen molar-refractivity contribution in [3.8, 4) is 5.75 Å². The zero-order chi connectivity index (χ0) is 22.9. The van der Waals surface area contributed by atoms with Crippen LogP contribution in [0.3, 0.4) is 0 Å². The maximum Gasteiger partial charge on any atom is 0.408 e. The summed E-state index contributed by atoms with van der Waals surface area (Å²) in [6.07, 6.45) is 1.86. The van der Waals surface area contributed by atoms with Crippen LogP contribution in [-0.2, 0) is 20.7 Å². The molecule has 0 bridgehead atoms. The summed E-state index contributed by atoms with van der Waals surface area (Å²) in [6.45, 7) is 9.06. The van der Waals surface area contributed by atoms with E-state index in [-0.39, 0.29) is 25.0 Å². The van der Waals surface area contributed by atoms with Crippen LogP contribution in [-0.4, -0.2) is 61.2 Å². The molecule has 2 rings (SSSR count). The van der Waals surface area contributed by atoms with E-state index in [2.05, 4.69) is 10.6 Å². The van der Waals surface area contributed by atoms with Crippen LogP contribution in [0.15, 0.2) is 24.3 Å². The molecule has 31 heavy (non-hydrogen) atoms. The highest BCUT2D eigenvalue weighted by Crippen LogP contribution is 2.18. The molecule has 0 aliphatic carbocycles. The van der Waals surface area contributed by atoms with Crippen LogP contribution >= 0.6 is 0 Å². The molecule has 0 saturated carbocycles. The number of carbonyl (C=O) groups excluding carboxylic acids is 3. The van der Waals surface area contributed by atoms with Gasteiger partial charge in [0, 0.05) is 19.6 Å². The number of ether oxygens (including phenoxy) is 2. The summed E-state index contributed by atoms with van der Waals surface area (Å²) in [4.78, 5) is 37.8. The Morgan fingerprint density at radius 2 is 1.77 bits per heavy atom. The topological polar surface area (TPSA) is 97.0 Å². The lowest BCUT2D eigenvalue weighted by Crippen LogP contribution is -2.46. The van der Waals surface area contributed by atoms with Gasteiger partial charge in [-0.25, -0.2) is 4.79 Å². The fourth-order valence-electron chi connectivity index (χ4n) is 3.35. The Kier molecular flexibility index (Phi) is 9.15. The number of para-hydroxylation sites is 1. The van der Waals surface area contributed by atoms with Crippen molar-refractivity contribution in [1.29, 1.82) is 0 Å². The van der Waals surface area contributed by atoms with Crippen LogP contribution in [0.25, 0.3) is 0 Å². The zero-order valence-electron chi connectivity index (χ0n) is 19.0. The number of nitrogens with zero attached hydrogens (tertiary/aromatic N) is 1. The van der Waals surface area contributed by atoms with Gasteiger partial charge in [-0.15, -0.1) is 0 Å². The lowest BCUT2D eigenvalue weighted by Gasteiger charge is -2.32. The maximum absolute atomic E-state index is 12.3. The van der Waals surface area contributed by atoms with Crippen molar-refractivity contribution in [1.82, 2.24) is 15.5 Å². The Labute approximate surface area is 184 Å². The molecule has 8 nitrogen and oxygen atoms in total. The summed E-state index contributed by atoms with van der Waals surface area (Å²) >= 11 is 0. The van der Waals surface area contributed by atoms with E-state index >= 15 is 0 Å². The molecule has 0 atom stereocenters. The molecule has 1 fully saturated rings. The molecule has 8 heteroatoms. The summed E-state index contributed by atoms with van der Waals surface area (Å²) in [5, 5.41) is 5.42. The van der Waals surface area contributed by atoms with Gasteiger partial charge in [-0.05, 0) is 57.6 Å². The van der Waals surface area contributed by atoms with Gasteiger partial charge in [0.2, 0.25) is 5.91 Å². The first-order chi connectivity index (χ1) is 14.7. The lowest BCUT2D eigenvalue weighted by atomic mass is 9.96. The van der Waals surface area contributed by atoms with E-state index in [1.165, 1.54) is 0 Å². The summed E-state index contributed by atoms with van der Waals surface area (Å²) in [6, 6.07) is 7.71. The first-order valence-corrected chi connectivity index (χ1v) is 10.9. The van der Waals surface area contributed by atoms with Crippen molar-refractivity contribution in [2.45, 2.75) is 52.6 Å².